The van der Waals surface area contributed by atoms with Crippen LogP contribution in [0, 0.1) is 13.8 Å². The van der Waals surface area contributed by atoms with Gasteiger partial charge >= 0.3 is 0 Å². The third kappa shape index (κ3) is 4.35. The molecule has 0 unspecified atom stereocenters. The first-order valence-corrected chi connectivity index (χ1v) is 9.18. The molecule has 2 aromatic carbocycles. The van der Waals surface area contributed by atoms with E-state index in [0.29, 0.717) is 17.9 Å². The lowest BCUT2D eigenvalue weighted by Crippen LogP contribution is -2.21. The second kappa shape index (κ2) is 7.49. The van der Waals surface area contributed by atoms with Gasteiger partial charge in [-0.3, -0.25) is 0 Å². The summed E-state index contributed by atoms with van der Waals surface area (Å²) in [5.74, 6) is 0.769. The van der Waals surface area contributed by atoms with Crippen molar-refractivity contribution in [1.29, 1.82) is 0 Å². The highest BCUT2D eigenvalue weighted by Crippen LogP contribution is 2.17. The smallest absolute Gasteiger partial charge is 0.276 e. The van der Waals surface area contributed by atoms with Crippen LogP contribution in [0.4, 0.5) is 0 Å². The van der Waals surface area contributed by atoms with Gasteiger partial charge in [0.25, 0.3) is 10.0 Å². The van der Waals surface area contributed by atoms with Gasteiger partial charge in [0.05, 0.1) is 17.2 Å². The van der Waals surface area contributed by atoms with Crippen LogP contribution in [-0.4, -0.2) is 20.7 Å². The molecule has 0 spiro atoms. The van der Waals surface area contributed by atoms with Gasteiger partial charge in [-0.1, -0.05) is 12.1 Å². The highest BCUT2D eigenvalue weighted by Gasteiger charge is 2.16. The second-order valence-corrected chi connectivity index (χ2v) is 7.15. The fourth-order valence-electron chi connectivity index (χ4n) is 2.20. The fraction of sp³-hybridized carbons (Fsp3) is 0.278. The zero-order chi connectivity index (χ0) is 17.7. The molecule has 6 heteroatoms. The maximum atomic E-state index is 12.4. The summed E-state index contributed by atoms with van der Waals surface area (Å²) < 4.78 is 30.3. The van der Waals surface area contributed by atoms with Crippen LogP contribution in [0.5, 0.6) is 5.75 Å². The summed E-state index contributed by atoms with van der Waals surface area (Å²) in [5.41, 5.74) is 2.96. The van der Waals surface area contributed by atoms with E-state index in [2.05, 4.69) is 9.93 Å². The third-order valence-electron chi connectivity index (χ3n) is 3.55. The number of sulfonamides is 1. The van der Waals surface area contributed by atoms with Crippen LogP contribution in [0.15, 0.2) is 52.5 Å². The molecule has 128 valence electrons. The first-order valence-electron chi connectivity index (χ1n) is 7.70. The maximum Gasteiger partial charge on any atom is 0.276 e. The molecule has 2 rings (SSSR count). The molecule has 0 bridgehead atoms. The van der Waals surface area contributed by atoms with Crippen molar-refractivity contribution in [2.75, 3.05) is 6.61 Å². The average Bonchev–Trinajstić information content (AvgIpc) is 2.56. The van der Waals surface area contributed by atoms with E-state index in [1.807, 2.05) is 44.2 Å². The molecule has 0 aromatic heterocycles. The number of hydrogen-bond donors (Lipinski definition) is 1. The Morgan fingerprint density at radius 3 is 2.42 bits per heavy atom. The number of nitrogens with one attached hydrogen (secondary N) is 1. The van der Waals surface area contributed by atoms with E-state index in [1.165, 1.54) is 0 Å². The molecule has 0 atom stereocenters. The van der Waals surface area contributed by atoms with Crippen LogP contribution in [0.2, 0.25) is 0 Å². The lowest BCUT2D eigenvalue weighted by Gasteiger charge is -2.09. The van der Waals surface area contributed by atoms with Gasteiger partial charge in [0.1, 0.15) is 5.75 Å². The van der Waals surface area contributed by atoms with E-state index in [-0.39, 0.29) is 4.90 Å². The largest absolute Gasteiger partial charge is 0.494 e. The van der Waals surface area contributed by atoms with Crippen LogP contribution < -0.4 is 9.57 Å². The molecule has 0 fully saturated rings. The first kappa shape index (κ1) is 18.0. The molecule has 0 saturated carbocycles. The van der Waals surface area contributed by atoms with E-state index >= 15 is 0 Å². The van der Waals surface area contributed by atoms with Gasteiger partial charge in [-0.05, 0) is 74.7 Å². The number of aryl methyl sites for hydroxylation is 2. The van der Waals surface area contributed by atoms with Gasteiger partial charge in [-0.2, -0.15) is 18.4 Å². The van der Waals surface area contributed by atoms with E-state index in [9.17, 15) is 8.42 Å². The summed E-state index contributed by atoms with van der Waals surface area (Å²) in [6.45, 7) is 7.88. The molecule has 0 saturated heterocycles. The van der Waals surface area contributed by atoms with Crippen LogP contribution >= 0.6 is 0 Å². The quantitative estimate of drug-likeness (QED) is 0.644. The standard InChI is InChI=1S/C18H22N2O3S/c1-5-23-17-10-8-16(9-11-17)15(4)19-20-24(21,22)18-12-13(2)6-7-14(18)3/h6-12,20H,5H2,1-4H3/b19-15-. The molecule has 2 aromatic rings. The molecule has 5 nitrogen and oxygen atoms in total. The number of rotatable bonds is 6. The van der Waals surface area contributed by atoms with Crippen molar-refractivity contribution in [3.8, 4) is 5.75 Å². The van der Waals surface area contributed by atoms with E-state index in [0.717, 1.165) is 16.9 Å². The normalized spacial score (nSPS) is 12.1. The summed E-state index contributed by atoms with van der Waals surface area (Å²) >= 11 is 0. The maximum absolute atomic E-state index is 12.4. The minimum absolute atomic E-state index is 0.241. The van der Waals surface area contributed by atoms with E-state index in [1.54, 1.807) is 26.0 Å². The van der Waals surface area contributed by atoms with Gasteiger partial charge in [0, 0.05) is 0 Å². The summed E-state index contributed by atoms with van der Waals surface area (Å²) in [6, 6.07) is 12.6. The molecule has 0 radical (unpaired) electrons. The zero-order valence-corrected chi connectivity index (χ0v) is 15.1. The van der Waals surface area contributed by atoms with Crippen molar-refractivity contribution >= 4 is 15.7 Å². The summed E-state index contributed by atoms with van der Waals surface area (Å²) in [7, 11) is -3.70. The predicted molar refractivity (Wildman–Crippen MR) is 96.1 cm³/mol. The summed E-state index contributed by atoms with van der Waals surface area (Å²) in [6.07, 6.45) is 0. The fourth-order valence-corrected chi connectivity index (χ4v) is 3.39. The number of hydrazone groups is 1. The summed E-state index contributed by atoms with van der Waals surface area (Å²) in [4.78, 5) is 2.55. The predicted octanol–water partition coefficient (Wildman–Crippen LogP) is 3.40. The molecule has 0 aliphatic rings. The Hall–Kier alpha value is -2.34. The topological polar surface area (TPSA) is 67.8 Å². The Kier molecular flexibility index (Phi) is 5.62. The number of ether oxygens (including phenoxy) is 1. The Labute approximate surface area is 143 Å². The SMILES string of the molecule is CCOc1ccc(/C(C)=N\NS(=O)(=O)c2cc(C)ccc2C)cc1. The van der Waals surface area contributed by atoms with E-state index in [4.69, 9.17) is 4.74 Å². The van der Waals surface area contributed by atoms with Crippen molar-refractivity contribution in [3.63, 3.8) is 0 Å². The van der Waals surface area contributed by atoms with Crippen LogP contribution in [0.1, 0.15) is 30.5 Å². The molecule has 24 heavy (non-hydrogen) atoms. The first-order chi connectivity index (χ1) is 11.3. The van der Waals surface area contributed by atoms with Crippen molar-refractivity contribution < 1.29 is 13.2 Å². The van der Waals surface area contributed by atoms with Crippen LogP contribution in [0.25, 0.3) is 0 Å². The lowest BCUT2D eigenvalue weighted by atomic mass is 10.1. The Balaban J connectivity index is 2.20. The Bertz CT molecular complexity index is 841. The molecule has 1 N–H and O–H groups in total. The molecule has 0 amide bonds. The Morgan fingerprint density at radius 1 is 1.12 bits per heavy atom. The van der Waals surface area contributed by atoms with Gasteiger partial charge in [-0.15, -0.1) is 0 Å². The lowest BCUT2D eigenvalue weighted by molar-refractivity contribution is 0.340. The molecule has 0 heterocycles. The average molecular weight is 346 g/mol. The molecule has 0 aliphatic heterocycles. The van der Waals surface area contributed by atoms with Crippen molar-refractivity contribution in [2.24, 2.45) is 5.10 Å². The molecule has 0 aliphatic carbocycles. The van der Waals surface area contributed by atoms with E-state index < -0.39 is 10.0 Å². The Morgan fingerprint density at radius 2 is 1.79 bits per heavy atom. The third-order valence-corrected chi connectivity index (χ3v) is 4.90. The van der Waals surface area contributed by atoms with Gasteiger partial charge in [0.15, 0.2) is 0 Å². The van der Waals surface area contributed by atoms with Crippen molar-refractivity contribution in [3.05, 3.63) is 59.2 Å². The van der Waals surface area contributed by atoms with Crippen molar-refractivity contribution in [1.82, 2.24) is 4.83 Å². The van der Waals surface area contributed by atoms with Crippen molar-refractivity contribution in [2.45, 2.75) is 32.6 Å². The van der Waals surface area contributed by atoms with Crippen LogP contribution in [0.3, 0.4) is 0 Å². The molecular weight excluding hydrogens is 324 g/mol. The minimum Gasteiger partial charge on any atom is -0.494 e. The molecular formula is C18H22N2O3S. The highest BCUT2D eigenvalue weighted by molar-refractivity contribution is 7.89. The van der Waals surface area contributed by atoms with Gasteiger partial charge in [0.2, 0.25) is 0 Å². The van der Waals surface area contributed by atoms with Crippen LogP contribution in [-0.2, 0) is 10.0 Å². The number of nitrogens with zero attached hydrogens (tertiary/aromatic N) is 1. The second-order valence-electron chi connectivity index (χ2n) is 5.52. The monoisotopic (exact) mass is 346 g/mol. The zero-order valence-electron chi connectivity index (χ0n) is 14.3. The minimum atomic E-state index is -3.70. The number of hydrogen-bond acceptors (Lipinski definition) is 4. The summed E-state index contributed by atoms with van der Waals surface area (Å²) in [5, 5.41) is 4.03. The highest BCUT2D eigenvalue weighted by atomic mass is 32.2. The van der Waals surface area contributed by atoms with Gasteiger partial charge in [-0.25, -0.2) is 0 Å². The number of benzene rings is 2. The van der Waals surface area contributed by atoms with Gasteiger partial charge < -0.3 is 4.74 Å².